The lowest BCUT2D eigenvalue weighted by atomic mass is 9.92. The van der Waals surface area contributed by atoms with Crippen LogP contribution in [0.3, 0.4) is 0 Å². The van der Waals surface area contributed by atoms with E-state index >= 15 is 0 Å². The average molecular weight is 278 g/mol. The molecule has 112 valence electrons. The van der Waals surface area contributed by atoms with Crippen LogP contribution in [0.2, 0.25) is 0 Å². The highest BCUT2D eigenvalue weighted by atomic mass is 16.5. The molecule has 1 heterocycles. The number of fused-ring (bicyclic) bond motifs is 1. The Labute approximate surface area is 121 Å². The van der Waals surface area contributed by atoms with Crippen molar-refractivity contribution in [2.45, 2.75) is 44.8 Å². The zero-order chi connectivity index (χ0) is 14.2. The highest BCUT2D eigenvalue weighted by Crippen LogP contribution is 2.30. The van der Waals surface area contributed by atoms with E-state index in [1.807, 2.05) is 6.92 Å². The van der Waals surface area contributed by atoms with Crippen molar-refractivity contribution in [2.24, 2.45) is 5.84 Å². The lowest BCUT2D eigenvalue weighted by molar-refractivity contribution is 0.0278. The summed E-state index contributed by atoms with van der Waals surface area (Å²) in [6, 6.07) is 8.83. The first kappa shape index (κ1) is 15.4. The van der Waals surface area contributed by atoms with Crippen LogP contribution in [0.5, 0.6) is 0 Å². The van der Waals surface area contributed by atoms with Gasteiger partial charge >= 0.3 is 0 Å². The van der Waals surface area contributed by atoms with Crippen LogP contribution in [-0.4, -0.2) is 25.9 Å². The summed E-state index contributed by atoms with van der Waals surface area (Å²) in [4.78, 5) is 0. The molecule has 1 aromatic rings. The van der Waals surface area contributed by atoms with E-state index in [1.54, 1.807) is 0 Å². The number of ether oxygens (including phenoxy) is 2. The van der Waals surface area contributed by atoms with Crippen molar-refractivity contribution in [3.05, 3.63) is 35.4 Å². The van der Waals surface area contributed by atoms with Gasteiger partial charge in [-0.2, -0.15) is 0 Å². The van der Waals surface area contributed by atoms with Crippen molar-refractivity contribution < 1.29 is 9.47 Å². The van der Waals surface area contributed by atoms with Crippen LogP contribution < -0.4 is 11.3 Å². The van der Waals surface area contributed by atoms with E-state index in [4.69, 9.17) is 15.3 Å². The largest absolute Gasteiger partial charge is 0.382 e. The number of nitrogens with one attached hydrogen (secondary N) is 1. The van der Waals surface area contributed by atoms with Gasteiger partial charge in [0.15, 0.2) is 0 Å². The fourth-order valence-corrected chi connectivity index (χ4v) is 2.78. The lowest BCUT2D eigenvalue weighted by Gasteiger charge is -2.29. The number of hydrazine groups is 1. The lowest BCUT2D eigenvalue weighted by Crippen LogP contribution is -2.37. The third-order valence-corrected chi connectivity index (χ3v) is 3.87. The molecule has 2 atom stereocenters. The molecule has 0 amide bonds. The Morgan fingerprint density at radius 3 is 3.10 bits per heavy atom. The van der Waals surface area contributed by atoms with Gasteiger partial charge in [-0.25, -0.2) is 0 Å². The van der Waals surface area contributed by atoms with Crippen LogP contribution >= 0.6 is 0 Å². The van der Waals surface area contributed by atoms with Gasteiger partial charge in [0.2, 0.25) is 0 Å². The minimum Gasteiger partial charge on any atom is -0.382 e. The van der Waals surface area contributed by atoms with Crippen molar-refractivity contribution >= 4 is 0 Å². The molecule has 4 nitrogen and oxygen atoms in total. The van der Waals surface area contributed by atoms with Crippen LogP contribution in [0.1, 0.15) is 43.4 Å². The highest BCUT2D eigenvalue weighted by Gasteiger charge is 2.23. The molecule has 2 unspecified atom stereocenters. The molecular formula is C16H26N2O2. The van der Waals surface area contributed by atoms with Crippen LogP contribution in [0, 0.1) is 0 Å². The van der Waals surface area contributed by atoms with Gasteiger partial charge in [-0.15, -0.1) is 0 Å². The predicted molar refractivity (Wildman–Crippen MR) is 80.3 cm³/mol. The summed E-state index contributed by atoms with van der Waals surface area (Å²) in [5.41, 5.74) is 5.66. The SMILES string of the molecule is CCOCCCC(CC1OCCc2ccccc21)NN. The van der Waals surface area contributed by atoms with Crippen molar-refractivity contribution in [1.29, 1.82) is 0 Å². The van der Waals surface area contributed by atoms with Crippen molar-refractivity contribution in [3.8, 4) is 0 Å². The Morgan fingerprint density at radius 2 is 2.30 bits per heavy atom. The van der Waals surface area contributed by atoms with Crippen LogP contribution in [-0.2, 0) is 15.9 Å². The zero-order valence-electron chi connectivity index (χ0n) is 12.3. The molecular weight excluding hydrogens is 252 g/mol. The van der Waals surface area contributed by atoms with Gasteiger partial charge < -0.3 is 9.47 Å². The third-order valence-electron chi connectivity index (χ3n) is 3.87. The molecule has 0 fully saturated rings. The van der Waals surface area contributed by atoms with Gasteiger partial charge in [-0.3, -0.25) is 11.3 Å². The summed E-state index contributed by atoms with van der Waals surface area (Å²) in [5.74, 6) is 5.68. The second kappa shape index (κ2) is 8.37. The summed E-state index contributed by atoms with van der Waals surface area (Å²) >= 11 is 0. The molecule has 3 N–H and O–H groups in total. The van der Waals surface area contributed by atoms with Gasteiger partial charge in [0.1, 0.15) is 0 Å². The summed E-state index contributed by atoms with van der Waals surface area (Å²) in [5, 5.41) is 0. The molecule has 1 aromatic carbocycles. The van der Waals surface area contributed by atoms with E-state index in [0.717, 1.165) is 45.5 Å². The molecule has 1 aliphatic rings. The number of rotatable bonds is 8. The maximum absolute atomic E-state index is 5.94. The Hall–Kier alpha value is -0.940. The van der Waals surface area contributed by atoms with E-state index in [0.29, 0.717) is 0 Å². The van der Waals surface area contributed by atoms with E-state index in [1.165, 1.54) is 11.1 Å². The summed E-state index contributed by atoms with van der Waals surface area (Å²) in [7, 11) is 0. The highest BCUT2D eigenvalue weighted by molar-refractivity contribution is 5.30. The number of hydrogen-bond donors (Lipinski definition) is 2. The number of nitrogens with two attached hydrogens (primary N) is 1. The topological polar surface area (TPSA) is 56.5 Å². The molecule has 0 saturated carbocycles. The Bertz CT molecular complexity index is 398. The maximum atomic E-state index is 5.94. The first-order valence-corrected chi connectivity index (χ1v) is 7.58. The predicted octanol–water partition coefficient (Wildman–Crippen LogP) is 2.34. The molecule has 20 heavy (non-hydrogen) atoms. The third kappa shape index (κ3) is 4.28. The minimum absolute atomic E-state index is 0.160. The van der Waals surface area contributed by atoms with Gasteiger partial charge in [-0.05, 0) is 43.7 Å². The smallest absolute Gasteiger partial charge is 0.0843 e. The molecule has 1 aliphatic heterocycles. The average Bonchev–Trinajstić information content (AvgIpc) is 2.50. The molecule has 4 heteroatoms. The van der Waals surface area contributed by atoms with Crippen molar-refractivity contribution in [2.75, 3.05) is 19.8 Å². The Morgan fingerprint density at radius 1 is 1.45 bits per heavy atom. The van der Waals surface area contributed by atoms with Crippen molar-refractivity contribution in [3.63, 3.8) is 0 Å². The van der Waals surface area contributed by atoms with E-state index < -0.39 is 0 Å². The molecule has 2 rings (SSSR count). The number of benzene rings is 1. The zero-order valence-corrected chi connectivity index (χ0v) is 12.3. The second-order valence-electron chi connectivity index (χ2n) is 5.25. The van der Waals surface area contributed by atoms with Gasteiger partial charge in [-0.1, -0.05) is 24.3 Å². The second-order valence-corrected chi connectivity index (χ2v) is 5.25. The molecule has 0 aliphatic carbocycles. The molecule has 0 spiro atoms. The van der Waals surface area contributed by atoms with Crippen LogP contribution in [0.15, 0.2) is 24.3 Å². The normalized spacial score (nSPS) is 19.6. The van der Waals surface area contributed by atoms with Gasteiger partial charge in [0.05, 0.1) is 12.7 Å². The number of hydrogen-bond acceptors (Lipinski definition) is 4. The summed E-state index contributed by atoms with van der Waals surface area (Å²) in [6.07, 6.45) is 4.13. The molecule has 0 radical (unpaired) electrons. The van der Waals surface area contributed by atoms with Gasteiger partial charge in [0.25, 0.3) is 0 Å². The first-order chi connectivity index (χ1) is 9.85. The van der Waals surface area contributed by atoms with Crippen LogP contribution in [0.4, 0.5) is 0 Å². The molecule has 0 aromatic heterocycles. The molecule has 0 bridgehead atoms. The Kier molecular flexibility index (Phi) is 6.47. The minimum atomic E-state index is 0.160. The monoisotopic (exact) mass is 278 g/mol. The van der Waals surface area contributed by atoms with E-state index in [2.05, 4.69) is 29.7 Å². The standard InChI is InChI=1S/C16H26N2O2/c1-2-19-10-5-7-14(18-17)12-16-15-8-4-3-6-13(15)9-11-20-16/h3-4,6,8,14,16,18H,2,5,7,9-12,17H2,1H3. The van der Waals surface area contributed by atoms with Crippen molar-refractivity contribution in [1.82, 2.24) is 5.43 Å². The maximum Gasteiger partial charge on any atom is 0.0843 e. The van der Waals surface area contributed by atoms with Gasteiger partial charge in [0, 0.05) is 19.3 Å². The molecule has 0 saturated heterocycles. The fraction of sp³-hybridized carbons (Fsp3) is 0.625. The van der Waals surface area contributed by atoms with E-state index in [9.17, 15) is 0 Å². The van der Waals surface area contributed by atoms with E-state index in [-0.39, 0.29) is 12.1 Å². The van der Waals surface area contributed by atoms with Crippen LogP contribution in [0.25, 0.3) is 0 Å². The Balaban J connectivity index is 1.88. The first-order valence-electron chi connectivity index (χ1n) is 7.58. The fourth-order valence-electron chi connectivity index (χ4n) is 2.78. The summed E-state index contributed by atoms with van der Waals surface area (Å²) in [6.45, 7) is 4.40. The summed E-state index contributed by atoms with van der Waals surface area (Å²) < 4.78 is 11.3. The quantitative estimate of drug-likeness (QED) is 0.435.